The summed E-state index contributed by atoms with van der Waals surface area (Å²) in [6, 6.07) is 0. The van der Waals surface area contributed by atoms with Gasteiger partial charge in [0.25, 0.3) is 0 Å². The first kappa shape index (κ1) is 11.0. The molecule has 0 rings (SSSR count). The van der Waals surface area contributed by atoms with E-state index in [0.717, 1.165) is 0 Å². The molecule has 4 nitrogen and oxygen atoms in total. The van der Waals surface area contributed by atoms with Gasteiger partial charge in [0, 0.05) is 7.11 Å². The van der Waals surface area contributed by atoms with Crippen LogP contribution in [-0.4, -0.2) is 24.7 Å². The van der Waals surface area contributed by atoms with E-state index in [2.05, 4.69) is 9.26 Å². The van der Waals surface area contributed by atoms with E-state index in [1.165, 1.54) is 7.11 Å². The van der Waals surface area contributed by atoms with Gasteiger partial charge in [0.1, 0.15) is 0 Å². The summed E-state index contributed by atoms with van der Waals surface area (Å²) in [5, 5.41) is 0. The molecule has 0 aliphatic rings. The van der Waals surface area contributed by atoms with Crippen LogP contribution in [0.15, 0.2) is 0 Å². The molecule has 0 amide bonds. The third kappa shape index (κ3) is 6.44. The highest BCUT2D eigenvalue weighted by Crippen LogP contribution is 2.45. The molecule has 2 atom stereocenters. The molecule has 0 radical (unpaired) electrons. The van der Waals surface area contributed by atoms with E-state index in [1.54, 1.807) is 6.92 Å². The van der Waals surface area contributed by atoms with Crippen LogP contribution in [0, 0.1) is 0 Å². The van der Waals surface area contributed by atoms with Gasteiger partial charge in [-0.05, 0) is 6.42 Å². The van der Waals surface area contributed by atoms with Crippen molar-refractivity contribution in [3.05, 3.63) is 0 Å². The first-order valence-electron chi connectivity index (χ1n) is 3.19. The summed E-state index contributed by atoms with van der Waals surface area (Å²) in [4.78, 5) is 8.16. The fraction of sp³-hybridized carbons (Fsp3) is 1.00. The molecule has 0 bridgehead atoms. The quantitative estimate of drug-likeness (QED) is 0.661. The zero-order valence-corrected chi connectivity index (χ0v) is 7.38. The van der Waals surface area contributed by atoms with Crippen molar-refractivity contribution in [2.24, 2.45) is 0 Å². The third-order valence-electron chi connectivity index (χ3n) is 1.09. The van der Waals surface area contributed by atoms with E-state index in [0.29, 0.717) is 6.42 Å². The summed E-state index contributed by atoms with van der Waals surface area (Å²) in [6.45, 7) is 1.82. The lowest BCUT2D eigenvalue weighted by molar-refractivity contribution is 0.0621. The number of hydrogen-bond acceptors (Lipinski definition) is 3. The Hall–Kier alpha value is 0.0400. The Labute approximate surface area is 65.0 Å². The van der Waals surface area contributed by atoms with Crippen LogP contribution >= 0.6 is 7.91 Å². The van der Waals surface area contributed by atoms with Crippen LogP contribution in [0.5, 0.6) is 0 Å². The molecule has 0 aromatic carbocycles. The molecule has 0 aliphatic carbocycles. The van der Waals surface area contributed by atoms with Crippen molar-refractivity contribution in [1.29, 1.82) is 0 Å². The van der Waals surface area contributed by atoms with Gasteiger partial charge in [0.15, 0.2) is 0 Å². The Kier molecular flexibility index (Phi) is 4.84. The molecule has 2 unspecified atom stereocenters. The second-order valence-electron chi connectivity index (χ2n) is 2.04. The summed E-state index contributed by atoms with van der Waals surface area (Å²) >= 11 is 0. The predicted molar refractivity (Wildman–Crippen MR) is 38.0 cm³/mol. The Balaban J connectivity index is 3.78. The molecule has 0 saturated heterocycles. The summed E-state index contributed by atoms with van der Waals surface area (Å²) < 4.78 is 30.8. The van der Waals surface area contributed by atoms with Gasteiger partial charge < -0.3 is 4.74 Å². The Morgan fingerprint density at radius 2 is 2.27 bits per heavy atom. The highest BCUT2D eigenvalue weighted by Gasteiger charge is 2.22. The van der Waals surface area contributed by atoms with E-state index in [9.17, 15) is 8.76 Å². The predicted octanol–water partition coefficient (Wildman–Crippen LogP) is 1.50. The first-order valence-corrected chi connectivity index (χ1v) is 4.66. The normalized spacial score (nSPS) is 19.3. The maximum Gasteiger partial charge on any atom is 0.510 e. The molecule has 1 N–H and O–H groups in total. The molecule has 68 valence electrons. The van der Waals surface area contributed by atoms with Gasteiger partial charge in [-0.1, -0.05) is 6.92 Å². The van der Waals surface area contributed by atoms with Crippen LogP contribution < -0.4 is 0 Å². The van der Waals surface area contributed by atoms with E-state index < -0.39 is 14.0 Å². The Morgan fingerprint density at radius 1 is 1.73 bits per heavy atom. The molecule has 0 saturated carbocycles. The minimum atomic E-state index is -4.85. The highest BCUT2D eigenvalue weighted by molar-refractivity contribution is 7.46. The summed E-state index contributed by atoms with van der Waals surface area (Å²) in [6.07, 6.45) is -0.219. The fourth-order valence-corrected chi connectivity index (χ4v) is 1.17. The largest absolute Gasteiger partial charge is 0.510 e. The average molecular weight is 186 g/mol. The van der Waals surface area contributed by atoms with Gasteiger partial charge >= 0.3 is 7.91 Å². The smallest absolute Gasteiger partial charge is 0.382 e. The van der Waals surface area contributed by atoms with Gasteiger partial charge in [-0.2, -0.15) is 0 Å². The van der Waals surface area contributed by atoms with Crippen molar-refractivity contribution in [1.82, 2.24) is 0 Å². The van der Waals surface area contributed by atoms with Crippen molar-refractivity contribution in [3.8, 4) is 0 Å². The molecule has 0 heterocycles. The van der Waals surface area contributed by atoms with Gasteiger partial charge in [0.2, 0.25) is 0 Å². The van der Waals surface area contributed by atoms with Gasteiger partial charge in [0.05, 0.1) is 12.7 Å². The number of hydrogen-bond donors (Lipinski definition) is 1. The van der Waals surface area contributed by atoms with Crippen molar-refractivity contribution in [2.45, 2.75) is 19.4 Å². The molecule has 11 heavy (non-hydrogen) atoms. The zero-order valence-electron chi connectivity index (χ0n) is 6.49. The van der Waals surface area contributed by atoms with Crippen LogP contribution in [0.1, 0.15) is 13.3 Å². The highest BCUT2D eigenvalue weighted by atomic mass is 31.2. The lowest BCUT2D eigenvalue weighted by Crippen LogP contribution is -2.15. The molecule has 0 spiro atoms. The molecule has 0 fully saturated rings. The zero-order chi connectivity index (χ0) is 8.91. The molecule has 6 heteroatoms. The van der Waals surface area contributed by atoms with Crippen molar-refractivity contribution in [2.75, 3.05) is 13.7 Å². The Bertz CT molecular complexity index is 145. The number of methoxy groups -OCH3 is 1. The summed E-state index contributed by atoms with van der Waals surface area (Å²) in [7, 11) is -3.44. The van der Waals surface area contributed by atoms with E-state index in [4.69, 9.17) is 4.89 Å². The second-order valence-corrected chi connectivity index (χ2v) is 3.16. The molecule has 0 aromatic rings. The average Bonchev–Trinajstić information content (AvgIpc) is 1.84. The van der Waals surface area contributed by atoms with Crippen LogP contribution in [-0.2, 0) is 13.8 Å². The van der Waals surface area contributed by atoms with E-state index >= 15 is 0 Å². The number of rotatable bonds is 5. The lowest BCUT2D eigenvalue weighted by atomic mass is 10.3. The molecular formula is C5H12FO4P. The maximum absolute atomic E-state index is 12.0. The summed E-state index contributed by atoms with van der Waals surface area (Å²) in [5.41, 5.74) is 0. The van der Waals surface area contributed by atoms with Crippen molar-refractivity contribution in [3.63, 3.8) is 0 Å². The van der Waals surface area contributed by atoms with Crippen LogP contribution in [0.3, 0.4) is 0 Å². The van der Waals surface area contributed by atoms with Crippen LogP contribution in [0.25, 0.3) is 0 Å². The first-order chi connectivity index (χ1) is 4.99. The van der Waals surface area contributed by atoms with Crippen LogP contribution in [0.4, 0.5) is 4.20 Å². The minimum absolute atomic E-state index is 0.116. The topological polar surface area (TPSA) is 55.8 Å². The summed E-state index contributed by atoms with van der Waals surface area (Å²) in [5.74, 6) is 0. The minimum Gasteiger partial charge on any atom is -0.382 e. The van der Waals surface area contributed by atoms with E-state index in [-0.39, 0.29) is 6.61 Å². The van der Waals surface area contributed by atoms with Crippen molar-refractivity contribution >= 4 is 7.91 Å². The molecular weight excluding hydrogens is 174 g/mol. The standard InChI is InChI=1S/C5H12FO4P/c1-3-5(4-9-2)10-11(6,7)8/h5H,3-4H2,1-2H3,(H,7,8). The SMILES string of the molecule is CCC(COC)OP(=O)(O)F. The van der Waals surface area contributed by atoms with Crippen LogP contribution in [0.2, 0.25) is 0 Å². The number of ether oxygens (including phenoxy) is 1. The van der Waals surface area contributed by atoms with Gasteiger partial charge in [-0.3, -0.25) is 9.42 Å². The maximum atomic E-state index is 12.0. The van der Waals surface area contributed by atoms with Crippen molar-refractivity contribution < 1.29 is 22.9 Å². The van der Waals surface area contributed by atoms with E-state index in [1.807, 2.05) is 0 Å². The van der Waals surface area contributed by atoms with Gasteiger partial charge in [-0.25, -0.2) is 4.57 Å². The molecule has 0 aromatic heterocycles. The van der Waals surface area contributed by atoms with Gasteiger partial charge in [-0.15, -0.1) is 4.20 Å². The fourth-order valence-electron chi connectivity index (χ4n) is 0.593. The lowest BCUT2D eigenvalue weighted by Gasteiger charge is -2.13. The molecule has 0 aliphatic heterocycles. The third-order valence-corrected chi connectivity index (χ3v) is 1.65. The monoisotopic (exact) mass is 186 g/mol. The Morgan fingerprint density at radius 3 is 2.55 bits per heavy atom. The second kappa shape index (κ2) is 4.83. The number of halogens is 1.